The average Bonchev–Trinajstić information content (AvgIpc) is 2.31. The summed E-state index contributed by atoms with van der Waals surface area (Å²) in [7, 11) is 0. The van der Waals surface area contributed by atoms with Gasteiger partial charge in [-0.1, -0.05) is 11.6 Å². The predicted octanol–water partition coefficient (Wildman–Crippen LogP) is 2.85. The van der Waals surface area contributed by atoms with Gasteiger partial charge in [0.15, 0.2) is 5.43 Å². The molecule has 1 aromatic heterocycles. The number of aliphatic carboxylic acids is 1. The first-order valence-corrected chi connectivity index (χ1v) is 5.49. The van der Waals surface area contributed by atoms with Crippen LogP contribution in [0.3, 0.4) is 0 Å². The molecule has 0 aliphatic carbocycles. The van der Waals surface area contributed by atoms with Crippen LogP contribution >= 0.6 is 11.6 Å². The second-order valence-corrected chi connectivity index (χ2v) is 4.20. The molecule has 0 aliphatic heterocycles. The molecule has 0 fully saturated rings. The van der Waals surface area contributed by atoms with Crippen LogP contribution in [-0.2, 0) is 4.79 Å². The zero-order valence-corrected chi connectivity index (χ0v) is 10.2. The molecule has 2 aromatic rings. The maximum absolute atomic E-state index is 12.0. The summed E-state index contributed by atoms with van der Waals surface area (Å²) in [6, 6.07) is 3.19. The fourth-order valence-electron chi connectivity index (χ4n) is 1.54. The average molecular weight is 265 g/mol. The second-order valence-electron chi connectivity index (χ2n) is 3.79. The van der Waals surface area contributed by atoms with Crippen molar-refractivity contribution in [3.8, 4) is 0 Å². The number of aryl methyl sites for hydroxylation is 1. The second kappa shape index (κ2) is 4.66. The topological polar surface area (TPSA) is 67.5 Å². The van der Waals surface area contributed by atoms with E-state index in [9.17, 15) is 9.59 Å². The van der Waals surface area contributed by atoms with E-state index in [2.05, 4.69) is 0 Å². The minimum atomic E-state index is -1.13. The van der Waals surface area contributed by atoms with Crippen molar-refractivity contribution in [2.45, 2.75) is 6.92 Å². The minimum absolute atomic E-state index is 0.171. The van der Waals surface area contributed by atoms with E-state index in [1.165, 1.54) is 18.4 Å². The van der Waals surface area contributed by atoms with E-state index in [4.69, 9.17) is 21.1 Å². The molecule has 0 amide bonds. The van der Waals surface area contributed by atoms with Crippen LogP contribution in [-0.4, -0.2) is 11.1 Å². The van der Waals surface area contributed by atoms with Crippen LogP contribution in [0.2, 0.25) is 5.02 Å². The van der Waals surface area contributed by atoms with Crippen molar-refractivity contribution >= 4 is 34.6 Å². The predicted molar refractivity (Wildman–Crippen MR) is 68.9 cm³/mol. The van der Waals surface area contributed by atoms with Gasteiger partial charge in [0.25, 0.3) is 0 Å². The van der Waals surface area contributed by atoms with Crippen LogP contribution in [0.1, 0.15) is 11.1 Å². The highest BCUT2D eigenvalue weighted by Crippen LogP contribution is 2.21. The Labute approximate surface area is 107 Å². The molecule has 18 heavy (non-hydrogen) atoms. The highest BCUT2D eigenvalue weighted by molar-refractivity contribution is 6.32. The van der Waals surface area contributed by atoms with Gasteiger partial charge in [0.05, 0.1) is 10.9 Å². The lowest BCUT2D eigenvalue weighted by Gasteiger charge is -2.01. The van der Waals surface area contributed by atoms with E-state index < -0.39 is 5.97 Å². The molecule has 2 rings (SSSR count). The largest absolute Gasteiger partial charge is 0.478 e. The van der Waals surface area contributed by atoms with Gasteiger partial charge in [-0.2, -0.15) is 0 Å². The molecule has 92 valence electrons. The van der Waals surface area contributed by atoms with Crippen LogP contribution in [0.5, 0.6) is 0 Å². The first-order chi connectivity index (χ1) is 8.49. The first kappa shape index (κ1) is 12.4. The smallest absolute Gasteiger partial charge is 0.328 e. The van der Waals surface area contributed by atoms with E-state index in [0.717, 1.165) is 11.6 Å². The Bertz CT molecular complexity index is 713. The van der Waals surface area contributed by atoms with Crippen molar-refractivity contribution in [1.82, 2.24) is 0 Å². The molecule has 0 radical (unpaired) electrons. The number of carboxylic acid groups (broad SMARTS) is 1. The molecule has 1 aromatic carbocycles. The first-order valence-electron chi connectivity index (χ1n) is 5.11. The van der Waals surface area contributed by atoms with Gasteiger partial charge in [-0.05, 0) is 30.7 Å². The zero-order valence-electron chi connectivity index (χ0n) is 9.44. The Morgan fingerprint density at radius 1 is 1.44 bits per heavy atom. The Balaban J connectivity index is 2.68. The number of benzene rings is 1. The van der Waals surface area contributed by atoms with Crippen molar-refractivity contribution in [3.05, 3.63) is 50.8 Å². The molecule has 0 spiro atoms. The van der Waals surface area contributed by atoms with Gasteiger partial charge in [0.1, 0.15) is 11.8 Å². The van der Waals surface area contributed by atoms with Gasteiger partial charge in [-0.15, -0.1) is 0 Å². The van der Waals surface area contributed by atoms with E-state index in [1.807, 2.05) is 0 Å². The maximum atomic E-state index is 12.0. The van der Waals surface area contributed by atoms with Crippen LogP contribution in [0, 0.1) is 6.92 Å². The third kappa shape index (κ3) is 2.28. The van der Waals surface area contributed by atoms with Crippen LogP contribution < -0.4 is 5.43 Å². The van der Waals surface area contributed by atoms with E-state index in [-0.39, 0.29) is 11.0 Å². The summed E-state index contributed by atoms with van der Waals surface area (Å²) in [4.78, 5) is 22.4. The van der Waals surface area contributed by atoms with Gasteiger partial charge in [0, 0.05) is 11.1 Å². The number of fused-ring (bicyclic) bond motifs is 1. The van der Waals surface area contributed by atoms with Crippen molar-refractivity contribution < 1.29 is 14.3 Å². The van der Waals surface area contributed by atoms with Gasteiger partial charge >= 0.3 is 5.97 Å². The van der Waals surface area contributed by atoms with Crippen molar-refractivity contribution in [1.29, 1.82) is 0 Å². The third-order valence-corrected chi connectivity index (χ3v) is 2.89. The summed E-state index contributed by atoms with van der Waals surface area (Å²) in [5, 5.41) is 9.32. The molecule has 0 unspecified atom stereocenters. The zero-order chi connectivity index (χ0) is 13.3. The quantitative estimate of drug-likeness (QED) is 0.847. The third-order valence-electron chi connectivity index (χ3n) is 2.49. The fourth-order valence-corrected chi connectivity index (χ4v) is 1.71. The van der Waals surface area contributed by atoms with Gasteiger partial charge in [-0.25, -0.2) is 4.79 Å². The molecule has 5 heteroatoms. The van der Waals surface area contributed by atoms with Crippen LogP contribution in [0.25, 0.3) is 17.0 Å². The Kier molecular flexibility index (Phi) is 3.21. The van der Waals surface area contributed by atoms with Crippen molar-refractivity contribution in [2.75, 3.05) is 0 Å². The summed E-state index contributed by atoms with van der Waals surface area (Å²) in [6.07, 6.45) is 3.31. The van der Waals surface area contributed by atoms with Crippen LogP contribution in [0.4, 0.5) is 0 Å². The molecule has 1 N–H and O–H groups in total. The summed E-state index contributed by atoms with van der Waals surface area (Å²) >= 11 is 5.95. The molecule has 0 bridgehead atoms. The fraction of sp³-hybridized carbons (Fsp3) is 0.0769. The maximum Gasteiger partial charge on any atom is 0.328 e. The van der Waals surface area contributed by atoms with Crippen molar-refractivity contribution in [3.63, 3.8) is 0 Å². The summed E-state index contributed by atoms with van der Waals surface area (Å²) in [5.41, 5.74) is 1.09. The lowest BCUT2D eigenvalue weighted by atomic mass is 10.1. The molecule has 0 atom stereocenters. The van der Waals surface area contributed by atoms with E-state index in [0.29, 0.717) is 16.0 Å². The monoisotopic (exact) mass is 264 g/mol. The number of carboxylic acids is 1. The minimum Gasteiger partial charge on any atom is -0.478 e. The highest BCUT2D eigenvalue weighted by Gasteiger charge is 2.07. The molecular formula is C13H9ClO4. The Hall–Kier alpha value is -2.07. The molecule has 4 nitrogen and oxygen atoms in total. The summed E-state index contributed by atoms with van der Waals surface area (Å²) < 4.78 is 5.29. The molecule has 1 heterocycles. The SMILES string of the molecule is Cc1cc2occ(/C=C/C(=O)O)c(=O)c2cc1Cl. The van der Waals surface area contributed by atoms with Gasteiger partial charge < -0.3 is 9.52 Å². The normalized spacial score (nSPS) is 11.2. The van der Waals surface area contributed by atoms with Gasteiger partial charge in [0.2, 0.25) is 0 Å². The van der Waals surface area contributed by atoms with E-state index in [1.54, 1.807) is 13.0 Å². The summed E-state index contributed by atoms with van der Waals surface area (Å²) in [5.74, 6) is -1.13. The highest BCUT2D eigenvalue weighted by atomic mass is 35.5. The Morgan fingerprint density at radius 3 is 2.83 bits per heavy atom. The molecule has 0 saturated carbocycles. The standard InChI is InChI=1S/C13H9ClO4/c1-7-4-11-9(5-10(7)14)13(17)8(6-18-11)2-3-12(15)16/h2-6H,1H3,(H,15,16)/b3-2+. The molecule has 0 saturated heterocycles. The number of hydrogen-bond acceptors (Lipinski definition) is 3. The molecule has 0 aliphatic rings. The lowest BCUT2D eigenvalue weighted by molar-refractivity contribution is -0.131. The number of halogens is 1. The number of rotatable bonds is 2. The van der Waals surface area contributed by atoms with Gasteiger partial charge in [-0.3, -0.25) is 4.79 Å². The lowest BCUT2D eigenvalue weighted by Crippen LogP contribution is -2.05. The molecular weight excluding hydrogens is 256 g/mol. The number of carbonyl (C=O) groups is 1. The number of hydrogen-bond donors (Lipinski definition) is 1. The van der Waals surface area contributed by atoms with Crippen molar-refractivity contribution in [2.24, 2.45) is 0 Å². The van der Waals surface area contributed by atoms with Crippen LogP contribution in [0.15, 0.2) is 33.7 Å². The Morgan fingerprint density at radius 2 is 2.17 bits per heavy atom. The van der Waals surface area contributed by atoms with E-state index >= 15 is 0 Å². The summed E-state index contributed by atoms with van der Waals surface area (Å²) in [6.45, 7) is 1.81.